The average Bonchev–Trinajstić information content (AvgIpc) is 2.27. The van der Waals surface area contributed by atoms with Gasteiger partial charge in [0.15, 0.2) is 0 Å². The number of halogens is 2. The topological polar surface area (TPSA) is 38.9 Å². The molecule has 0 saturated carbocycles. The molecule has 16 heavy (non-hydrogen) atoms. The Morgan fingerprint density at radius 2 is 1.69 bits per heavy atom. The van der Waals surface area contributed by atoms with Crippen molar-refractivity contribution >= 4 is 40.7 Å². The first kappa shape index (κ1) is 11.6. The number of rotatable bonds is 2. The second-order valence-electron chi connectivity index (χ2n) is 3.08. The number of aromatic nitrogens is 1. The number of nitrogens with two attached hydrogens (primary N) is 1. The Kier molecular flexibility index (Phi) is 3.59. The van der Waals surface area contributed by atoms with Gasteiger partial charge in [-0.05, 0) is 36.4 Å². The molecule has 0 atom stereocenters. The molecular weight excluding hydrogens is 263 g/mol. The number of nitrogens with zero attached hydrogens (tertiary/aromatic N) is 1. The van der Waals surface area contributed by atoms with Crippen molar-refractivity contribution in [2.45, 2.75) is 9.92 Å². The van der Waals surface area contributed by atoms with Crippen LogP contribution in [0.15, 0.2) is 46.3 Å². The van der Waals surface area contributed by atoms with Gasteiger partial charge in [-0.1, -0.05) is 35.0 Å². The van der Waals surface area contributed by atoms with Gasteiger partial charge in [-0.15, -0.1) is 0 Å². The van der Waals surface area contributed by atoms with E-state index in [-0.39, 0.29) is 0 Å². The minimum absolute atomic E-state index is 0.436. The third kappa shape index (κ3) is 2.82. The van der Waals surface area contributed by atoms with Crippen molar-refractivity contribution in [3.63, 3.8) is 0 Å². The van der Waals surface area contributed by atoms with Crippen LogP contribution in [0.3, 0.4) is 0 Å². The first-order valence-corrected chi connectivity index (χ1v) is 6.08. The highest BCUT2D eigenvalue weighted by Crippen LogP contribution is 2.31. The molecule has 0 fully saturated rings. The molecule has 0 amide bonds. The van der Waals surface area contributed by atoms with Gasteiger partial charge in [0.25, 0.3) is 0 Å². The summed E-state index contributed by atoms with van der Waals surface area (Å²) in [6.07, 6.45) is 0. The lowest BCUT2D eigenvalue weighted by Crippen LogP contribution is -1.91. The molecular formula is C11H8Cl2N2S. The smallest absolute Gasteiger partial charge is 0.130 e. The normalized spacial score (nSPS) is 10.4. The van der Waals surface area contributed by atoms with Gasteiger partial charge in [0, 0.05) is 9.92 Å². The molecule has 2 aromatic rings. The second kappa shape index (κ2) is 4.95. The highest BCUT2D eigenvalue weighted by Gasteiger charge is 2.04. The minimum Gasteiger partial charge on any atom is -0.397 e. The molecule has 82 valence electrons. The van der Waals surface area contributed by atoms with Crippen LogP contribution in [0.1, 0.15) is 0 Å². The molecule has 1 heterocycles. The predicted molar refractivity (Wildman–Crippen MR) is 69.2 cm³/mol. The molecule has 0 aliphatic rings. The SMILES string of the molecule is Nc1ccc(Cl)nc1Sc1ccc(Cl)cc1. The van der Waals surface area contributed by atoms with Gasteiger partial charge in [0.1, 0.15) is 10.2 Å². The molecule has 0 saturated heterocycles. The molecule has 2 rings (SSSR count). The van der Waals surface area contributed by atoms with Gasteiger partial charge in [-0.3, -0.25) is 0 Å². The minimum atomic E-state index is 0.436. The van der Waals surface area contributed by atoms with Crippen LogP contribution in [-0.4, -0.2) is 4.98 Å². The zero-order valence-corrected chi connectivity index (χ0v) is 10.5. The Balaban J connectivity index is 2.26. The van der Waals surface area contributed by atoms with Crippen molar-refractivity contribution in [3.8, 4) is 0 Å². The fraction of sp³-hybridized carbons (Fsp3) is 0. The van der Waals surface area contributed by atoms with E-state index in [2.05, 4.69) is 4.98 Å². The van der Waals surface area contributed by atoms with E-state index in [1.54, 1.807) is 12.1 Å². The van der Waals surface area contributed by atoms with Crippen LogP contribution in [0.4, 0.5) is 5.69 Å². The maximum Gasteiger partial charge on any atom is 0.130 e. The van der Waals surface area contributed by atoms with E-state index in [1.807, 2.05) is 24.3 Å². The Labute approximate surface area is 108 Å². The first-order chi connectivity index (χ1) is 7.65. The van der Waals surface area contributed by atoms with Crippen molar-refractivity contribution in [2.24, 2.45) is 0 Å². The number of anilines is 1. The number of hydrogen-bond acceptors (Lipinski definition) is 3. The molecule has 0 unspecified atom stereocenters. The fourth-order valence-corrected chi connectivity index (χ4v) is 2.27. The maximum atomic E-state index is 5.81. The van der Waals surface area contributed by atoms with Crippen LogP contribution < -0.4 is 5.73 Å². The van der Waals surface area contributed by atoms with Crippen molar-refractivity contribution < 1.29 is 0 Å². The largest absolute Gasteiger partial charge is 0.397 e. The molecule has 0 aliphatic heterocycles. The highest BCUT2D eigenvalue weighted by atomic mass is 35.5. The summed E-state index contributed by atoms with van der Waals surface area (Å²) in [5.41, 5.74) is 6.41. The van der Waals surface area contributed by atoms with E-state index >= 15 is 0 Å². The third-order valence-corrected chi connectivity index (χ3v) is 3.37. The fourth-order valence-electron chi connectivity index (χ4n) is 1.12. The summed E-state index contributed by atoms with van der Waals surface area (Å²) in [6, 6.07) is 10.9. The molecule has 1 aromatic carbocycles. The van der Waals surface area contributed by atoms with E-state index in [0.717, 1.165) is 4.90 Å². The van der Waals surface area contributed by atoms with Crippen LogP contribution in [-0.2, 0) is 0 Å². The van der Waals surface area contributed by atoms with Gasteiger partial charge in [-0.2, -0.15) is 0 Å². The summed E-state index contributed by atoms with van der Waals surface area (Å²) in [7, 11) is 0. The van der Waals surface area contributed by atoms with Crippen molar-refractivity contribution in [1.82, 2.24) is 4.98 Å². The monoisotopic (exact) mass is 270 g/mol. The van der Waals surface area contributed by atoms with E-state index in [4.69, 9.17) is 28.9 Å². The molecule has 1 aromatic heterocycles. The van der Waals surface area contributed by atoms with Crippen LogP contribution >= 0.6 is 35.0 Å². The van der Waals surface area contributed by atoms with Gasteiger partial charge in [0.05, 0.1) is 5.69 Å². The molecule has 0 aliphatic carbocycles. The van der Waals surface area contributed by atoms with Gasteiger partial charge in [-0.25, -0.2) is 4.98 Å². The molecule has 0 spiro atoms. The van der Waals surface area contributed by atoms with Gasteiger partial charge >= 0.3 is 0 Å². The van der Waals surface area contributed by atoms with E-state index in [1.165, 1.54) is 11.8 Å². The third-order valence-electron chi connectivity index (χ3n) is 1.88. The molecule has 5 heteroatoms. The molecule has 0 radical (unpaired) electrons. The summed E-state index contributed by atoms with van der Waals surface area (Å²) >= 11 is 13.1. The van der Waals surface area contributed by atoms with Crippen LogP contribution in [0, 0.1) is 0 Å². The van der Waals surface area contributed by atoms with E-state index in [0.29, 0.717) is 20.9 Å². The zero-order valence-electron chi connectivity index (χ0n) is 8.15. The lowest BCUT2D eigenvalue weighted by molar-refractivity contribution is 1.14. The van der Waals surface area contributed by atoms with Crippen molar-refractivity contribution in [2.75, 3.05) is 5.73 Å². The Morgan fingerprint density at radius 3 is 2.38 bits per heavy atom. The predicted octanol–water partition coefficient (Wildman–Crippen LogP) is 4.12. The Hall–Kier alpha value is -0.900. The Bertz CT molecular complexity index is 500. The quantitative estimate of drug-likeness (QED) is 0.835. The Morgan fingerprint density at radius 1 is 1.00 bits per heavy atom. The molecule has 2 nitrogen and oxygen atoms in total. The summed E-state index contributed by atoms with van der Waals surface area (Å²) < 4.78 is 0. The summed E-state index contributed by atoms with van der Waals surface area (Å²) in [5.74, 6) is 0. The summed E-state index contributed by atoms with van der Waals surface area (Å²) in [5, 5.41) is 1.84. The first-order valence-electron chi connectivity index (χ1n) is 4.50. The molecule has 2 N–H and O–H groups in total. The lowest BCUT2D eigenvalue weighted by Gasteiger charge is -2.04. The average molecular weight is 271 g/mol. The highest BCUT2D eigenvalue weighted by molar-refractivity contribution is 7.99. The number of nitrogen functional groups attached to an aromatic ring is 1. The molecule has 0 bridgehead atoms. The standard InChI is InChI=1S/C11H8Cl2N2S/c12-7-1-3-8(4-2-7)16-11-9(14)5-6-10(13)15-11/h1-6H,14H2. The van der Waals surface area contributed by atoms with Crippen molar-refractivity contribution in [3.05, 3.63) is 46.6 Å². The number of pyridine rings is 1. The van der Waals surface area contributed by atoms with E-state index in [9.17, 15) is 0 Å². The van der Waals surface area contributed by atoms with Crippen LogP contribution in [0.5, 0.6) is 0 Å². The summed E-state index contributed by atoms with van der Waals surface area (Å²) in [4.78, 5) is 5.18. The van der Waals surface area contributed by atoms with Gasteiger partial charge in [0.2, 0.25) is 0 Å². The van der Waals surface area contributed by atoms with Crippen LogP contribution in [0.25, 0.3) is 0 Å². The van der Waals surface area contributed by atoms with Gasteiger partial charge < -0.3 is 5.73 Å². The maximum absolute atomic E-state index is 5.81. The van der Waals surface area contributed by atoms with E-state index < -0.39 is 0 Å². The van der Waals surface area contributed by atoms with Crippen molar-refractivity contribution in [1.29, 1.82) is 0 Å². The lowest BCUT2D eigenvalue weighted by atomic mass is 10.4. The number of benzene rings is 1. The van der Waals surface area contributed by atoms with Crippen LogP contribution in [0.2, 0.25) is 10.2 Å². The summed E-state index contributed by atoms with van der Waals surface area (Å²) in [6.45, 7) is 0. The second-order valence-corrected chi connectivity index (χ2v) is 4.97. The number of hydrogen-bond donors (Lipinski definition) is 1. The zero-order chi connectivity index (χ0) is 11.5.